The van der Waals surface area contributed by atoms with Gasteiger partial charge >= 0.3 is 6.09 Å². The van der Waals surface area contributed by atoms with Gasteiger partial charge in [-0.3, -0.25) is 4.79 Å². The number of benzene rings is 2. The summed E-state index contributed by atoms with van der Waals surface area (Å²) in [4.78, 5) is 43.2. The van der Waals surface area contributed by atoms with E-state index in [2.05, 4.69) is 57.6 Å². The van der Waals surface area contributed by atoms with E-state index < -0.39 is 18.2 Å². The summed E-state index contributed by atoms with van der Waals surface area (Å²) in [5, 5.41) is 15.3. The molecule has 6 atom stereocenters. The van der Waals surface area contributed by atoms with Gasteiger partial charge in [-0.2, -0.15) is 0 Å². The molecule has 2 aromatic heterocycles. The zero-order valence-electron chi connectivity index (χ0n) is 28.0. The van der Waals surface area contributed by atoms with Crippen molar-refractivity contribution < 1.29 is 28.9 Å². The van der Waals surface area contributed by atoms with Crippen LogP contribution in [0.1, 0.15) is 68.5 Å². The third-order valence-electron chi connectivity index (χ3n) is 10.4. The van der Waals surface area contributed by atoms with Crippen molar-refractivity contribution in [2.75, 3.05) is 20.2 Å². The van der Waals surface area contributed by atoms with Gasteiger partial charge in [0.2, 0.25) is 5.91 Å². The molecule has 4 aliphatic rings. The molecule has 2 amide bonds. The summed E-state index contributed by atoms with van der Waals surface area (Å²) in [5.41, 5.74) is 7.89. The Morgan fingerprint density at radius 3 is 2.12 bits per heavy atom. The molecule has 256 valence electrons. The van der Waals surface area contributed by atoms with E-state index >= 15 is 0 Å². The van der Waals surface area contributed by atoms with Gasteiger partial charge in [0, 0.05) is 47.0 Å². The van der Waals surface area contributed by atoms with Crippen LogP contribution in [0.3, 0.4) is 0 Å². The van der Waals surface area contributed by atoms with Gasteiger partial charge in [0.1, 0.15) is 42.4 Å². The topological polar surface area (TPSA) is 167 Å². The Kier molecular flexibility index (Phi) is 7.83. The summed E-state index contributed by atoms with van der Waals surface area (Å²) in [5.74, 6) is 3.75. The van der Waals surface area contributed by atoms with E-state index in [1.54, 1.807) is 18.0 Å². The fourth-order valence-electron chi connectivity index (χ4n) is 7.80. The van der Waals surface area contributed by atoms with E-state index in [1.807, 2.05) is 12.3 Å². The van der Waals surface area contributed by atoms with Crippen molar-refractivity contribution >= 4 is 12.0 Å². The van der Waals surface area contributed by atoms with E-state index in [-0.39, 0.29) is 23.9 Å². The lowest BCUT2D eigenvalue weighted by Crippen LogP contribution is -2.53. The first kappa shape index (κ1) is 31.4. The molecular weight excluding hydrogens is 626 g/mol. The molecule has 0 radical (unpaired) electrons. The summed E-state index contributed by atoms with van der Waals surface area (Å²) >= 11 is 0. The molecule has 2 saturated heterocycles. The van der Waals surface area contributed by atoms with Gasteiger partial charge < -0.3 is 44.8 Å². The van der Waals surface area contributed by atoms with Gasteiger partial charge in [-0.05, 0) is 62.4 Å². The molecule has 0 bridgehead atoms. The van der Waals surface area contributed by atoms with Gasteiger partial charge in [0.25, 0.3) is 0 Å². The highest BCUT2D eigenvalue weighted by molar-refractivity contribution is 5.89. The van der Waals surface area contributed by atoms with Crippen molar-refractivity contribution in [2.24, 2.45) is 11.8 Å². The first-order valence-corrected chi connectivity index (χ1v) is 16.9. The van der Waals surface area contributed by atoms with E-state index in [1.165, 1.54) is 7.11 Å². The number of carbonyl (C=O) groups excluding carboxylic acids is 1. The van der Waals surface area contributed by atoms with Crippen LogP contribution >= 0.6 is 0 Å². The molecule has 6 heterocycles. The fraction of sp³-hybridized carbons (Fsp3) is 0.444. The minimum absolute atomic E-state index is 0.211. The second kappa shape index (κ2) is 12.2. The number of imidazole rings is 2. The molecule has 8 rings (SSSR count). The Morgan fingerprint density at radius 1 is 0.939 bits per heavy atom. The van der Waals surface area contributed by atoms with Gasteiger partial charge in [-0.25, -0.2) is 14.8 Å². The second-order valence-corrected chi connectivity index (χ2v) is 14.0. The summed E-state index contributed by atoms with van der Waals surface area (Å²) < 4.78 is 18.1. The second-order valence-electron chi connectivity index (χ2n) is 14.0. The lowest BCUT2D eigenvalue weighted by Gasteiger charge is -2.30. The van der Waals surface area contributed by atoms with Crippen molar-refractivity contribution in [3.05, 3.63) is 59.4 Å². The molecular formula is C36H41N7O6. The largest absolute Gasteiger partial charge is 0.488 e. The molecule has 49 heavy (non-hydrogen) atoms. The molecule has 0 unspecified atom stereocenters. The highest BCUT2D eigenvalue weighted by Gasteiger charge is 2.41. The zero-order valence-corrected chi connectivity index (χ0v) is 28.0. The highest BCUT2D eigenvalue weighted by Crippen LogP contribution is 2.51. The molecule has 5 N–H and O–H groups in total. The van der Waals surface area contributed by atoms with Crippen molar-refractivity contribution in [1.29, 1.82) is 0 Å². The normalized spacial score (nSPS) is 23.4. The van der Waals surface area contributed by atoms with Crippen molar-refractivity contribution in [3.63, 3.8) is 0 Å². The van der Waals surface area contributed by atoms with Crippen LogP contribution in [0.4, 0.5) is 4.79 Å². The number of hydrogen-bond acceptors (Lipinski definition) is 8. The monoisotopic (exact) mass is 667 g/mol. The van der Waals surface area contributed by atoms with Crippen LogP contribution in [0.15, 0.2) is 36.7 Å². The van der Waals surface area contributed by atoms with Crippen LogP contribution in [0.5, 0.6) is 11.5 Å². The van der Waals surface area contributed by atoms with Crippen molar-refractivity contribution in [1.82, 2.24) is 35.5 Å². The van der Waals surface area contributed by atoms with Crippen LogP contribution in [0.2, 0.25) is 0 Å². The first-order valence-electron chi connectivity index (χ1n) is 16.9. The van der Waals surface area contributed by atoms with E-state index in [0.717, 1.165) is 75.1 Å². The Morgan fingerprint density at radius 2 is 1.55 bits per heavy atom. The number of ether oxygens (including phenoxy) is 3. The number of aromatic nitrogens is 4. The molecule has 4 aromatic rings. The molecule has 4 aliphatic heterocycles. The average molecular weight is 668 g/mol. The maximum Gasteiger partial charge on any atom is 0.405 e. The molecule has 13 heteroatoms. The van der Waals surface area contributed by atoms with Crippen LogP contribution in [0, 0.1) is 11.8 Å². The van der Waals surface area contributed by atoms with Crippen LogP contribution in [0.25, 0.3) is 33.6 Å². The number of likely N-dealkylation sites (tertiary alicyclic amines) is 1. The Bertz CT molecular complexity index is 1890. The van der Waals surface area contributed by atoms with E-state index in [9.17, 15) is 14.7 Å². The number of aromatic amines is 2. The quantitative estimate of drug-likeness (QED) is 0.170. The number of carbonyl (C=O) groups is 2. The predicted octanol–water partition coefficient (Wildman–Crippen LogP) is 5.17. The molecule has 0 spiro atoms. The molecule has 13 nitrogen and oxygen atoms in total. The van der Waals surface area contributed by atoms with E-state index in [4.69, 9.17) is 19.2 Å². The summed E-state index contributed by atoms with van der Waals surface area (Å²) in [6.45, 7) is 8.30. The third kappa shape index (κ3) is 5.60. The van der Waals surface area contributed by atoms with Crippen LogP contribution < -0.4 is 20.1 Å². The number of nitrogens with one attached hydrogen (secondary N) is 4. The number of H-pyrrole nitrogens is 2. The van der Waals surface area contributed by atoms with Gasteiger partial charge in [0.05, 0.1) is 42.0 Å². The Balaban J connectivity index is 1.06. The first-order chi connectivity index (χ1) is 23.7. The average Bonchev–Trinajstić information content (AvgIpc) is 3.92. The number of rotatable bonds is 8. The van der Waals surface area contributed by atoms with E-state index in [0.29, 0.717) is 37.9 Å². The molecule has 2 fully saturated rings. The smallest absolute Gasteiger partial charge is 0.405 e. The van der Waals surface area contributed by atoms with Gasteiger partial charge in [0.15, 0.2) is 0 Å². The molecule has 0 saturated carbocycles. The summed E-state index contributed by atoms with van der Waals surface area (Å²) in [7, 11) is 1.46. The van der Waals surface area contributed by atoms with Crippen LogP contribution in [-0.4, -0.2) is 74.3 Å². The van der Waals surface area contributed by atoms with Gasteiger partial charge in [-0.1, -0.05) is 13.8 Å². The summed E-state index contributed by atoms with van der Waals surface area (Å²) in [6.07, 6.45) is 3.53. The fourth-order valence-corrected chi connectivity index (χ4v) is 7.80. The number of carboxylic acid groups (broad SMARTS) is 1. The number of hydrogen-bond donors (Lipinski definition) is 5. The minimum Gasteiger partial charge on any atom is -0.488 e. The lowest BCUT2D eigenvalue weighted by molar-refractivity contribution is -0.137. The number of methoxy groups -OCH3 is 1. The van der Waals surface area contributed by atoms with Gasteiger partial charge in [-0.15, -0.1) is 0 Å². The third-order valence-corrected chi connectivity index (χ3v) is 10.4. The summed E-state index contributed by atoms with van der Waals surface area (Å²) in [6, 6.07) is 7.28. The SMILES string of the molecule is CO[C@H](C)[C@H](NC(=O)O)C(=O)N1C[C@@H](C)C[C@H]1c1ncc(-c2cc3c4c(c2)OCc2cc(-c5cnc([C@@H]6C[C@H](C)CN6)[nH]5)cc(c2-4)OC3)[nH]1. The standard InChI is InChI=1S/C36H41N7O6/c1-17-5-24(37-11-17)33-38-12-25(40-33)20-7-22-15-49-29-10-21(8-23-16-48-28(9-20)30(22)31(23)29)26-13-39-34(41-26)27-6-18(2)14-43(27)35(44)32(19(3)47-4)42-36(45)46/h7-10,12-13,17-19,24,27,32,37,42H,5-6,11,14-16H2,1-4H3,(H,38,40)(H,39,41)(H,45,46)/t17-,18-,19+,24-,27-,32-/m0/s1. The minimum atomic E-state index is -1.28. The molecule has 0 aliphatic carbocycles. The van der Waals surface area contributed by atoms with Crippen LogP contribution in [-0.2, 0) is 22.7 Å². The number of nitrogens with zero attached hydrogens (tertiary/aromatic N) is 3. The maximum absolute atomic E-state index is 13.6. The maximum atomic E-state index is 13.6. The molecule has 2 aromatic carbocycles. The lowest BCUT2D eigenvalue weighted by atomic mass is 9.87. The Hall–Kier alpha value is -4.88. The Labute approximate surface area is 283 Å². The predicted molar refractivity (Wildman–Crippen MR) is 180 cm³/mol. The van der Waals surface area contributed by atoms with Crippen molar-refractivity contribution in [3.8, 4) is 45.1 Å². The highest BCUT2D eigenvalue weighted by atomic mass is 16.5. The number of amides is 2. The zero-order chi connectivity index (χ0) is 34.0. The van der Waals surface area contributed by atoms with Crippen molar-refractivity contribution in [2.45, 2.75) is 71.1 Å².